The molecule has 2 fully saturated rings. The number of aryl methyl sites for hydroxylation is 1. The van der Waals surface area contributed by atoms with E-state index < -0.39 is 0 Å². The van der Waals surface area contributed by atoms with Crippen LogP contribution in [0.4, 0.5) is 11.5 Å². The highest BCUT2D eigenvalue weighted by Gasteiger charge is 2.28. The van der Waals surface area contributed by atoms with Crippen molar-refractivity contribution < 1.29 is 4.79 Å². The number of hydrogen-bond donors (Lipinski definition) is 1. The third kappa shape index (κ3) is 3.90. The van der Waals surface area contributed by atoms with E-state index in [1.807, 2.05) is 25.1 Å². The summed E-state index contributed by atoms with van der Waals surface area (Å²) in [7, 11) is 0. The van der Waals surface area contributed by atoms with Crippen LogP contribution in [-0.4, -0.2) is 29.0 Å². The minimum absolute atomic E-state index is 0.0455. The van der Waals surface area contributed by atoms with Crippen molar-refractivity contribution in [2.75, 3.05) is 23.3 Å². The average molecular weight is 415 g/mol. The summed E-state index contributed by atoms with van der Waals surface area (Å²) in [6, 6.07) is 8.11. The zero-order chi connectivity index (χ0) is 18.1. The Morgan fingerprint density at radius 3 is 2.62 bits per heavy atom. The van der Waals surface area contributed by atoms with Crippen molar-refractivity contribution in [2.24, 2.45) is 5.92 Å². The van der Waals surface area contributed by atoms with Gasteiger partial charge in [-0.25, -0.2) is 9.97 Å². The van der Waals surface area contributed by atoms with Crippen LogP contribution in [0.5, 0.6) is 0 Å². The van der Waals surface area contributed by atoms with Crippen molar-refractivity contribution in [3.05, 3.63) is 46.3 Å². The summed E-state index contributed by atoms with van der Waals surface area (Å²) in [5, 5.41) is 3.06. The van der Waals surface area contributed by atoms with Gasteiger partial charge in [-0.1, -0.05) is 6.07 Å². The molecule has 2 aromatic rings. The number of piperidine rings is 1. The fourth-order valence-corrected chi connectivity index (χ4v) is 4.06. The first-order chi connectivity index (χ1) is 12.6. The summed E-state index contributed by atoms with van der Waals surface area (Å²) in [6.45, 7) is 3.75. The zero-order valence-electron chi connectivity index (χ0n) is 14.9. The minimum Gasteiger partial charge on any atom is -0.356 e. The van der Waals surface area contributed by atoms with Gasteiger partial charge in [0.15, 0.2) is 0 Å². The molecule has 1 aliphatic heterocycles. The maximum absolute atomic E-state index is 12.6. The summed E-state index contributed by atoms with van der Waals surface area (Å²) < 4.78 is 0.928. The third-order valence-electron chi connectivity index (χ3n) is 5.24. The monoisotopic (exact) mass is 414 g/mol. The minimum atomic E-state index is 0.0455. The normalized spacial score (nSPS) is 18.0. The van der Waals surface area contributed by atoms with Gasteiger partial charge in [0.05, 0.1) is 5.69 Å². The standard InChI is InChI=1S/C20H23BrN4O/c1-13-2-5-17(16(21)10-13)24-20(26)15-6-8-25(9-7-15)19-11-18(14-3-4-14)22-12-23-19/h2,5,10-12,14-15H,3-4,6-9H2,1H3,(H,24,26). The lowest BCUT2D eigenvalue weighted by atomic mass is 9.95. The molecule has 4 rings (SSSR count). The summed E-state index contributed by atoms with van der Waals surface area (Å²) in [6.07, 6.45) is 5.85. The number of nitrogens with one attached hydrogen (secondary N) is 1. The predicted molar refractivity (Wildman–Crippen MR) is 106 cm³/mol. The number of carbonyl (C=O) groups excluding carboxylic acids is 1. The Labute approximate surface area is 162 Å². The highest BCUT2D eigenvalue weighted by Crippen LogP contribution is 2.39. The van der Waals surface area contributed by atoms with Gasteiger partial charge in [-0.3, -0.25) is 4.79 Å². The molecule has 1 aromatic heterocycles. The summed E-state index contributed by atoms with van der Waals surface area (Å²) >= 11 is 3.53. The Balaban J connectivity index is 1.35. The average Bonchev–Trinajstić information content (AvgIpc) is 3.49. The van der Waals surface area contributed by atoms with Crippen molar-refractivity contribution >= 4 is 33.3 Å². The molecule has 1 aliphatic carbocycles. The number of amides is 1. The number of hydrogen-bond acceptors (Lipinski definition) is 4. The lowest BCUT2D eigenvalue weighted by molar-refractivity contribution is -0.120. The van der Waals surface area contributed by atoms with Crippen LogP contribution in [0.2, 0.25) is 0 Å². The molecule has 136 valence electrons. The van der Waals surface area contributed by atoms with Gasteiger partial charge in [-0.05, 0) is 66.2 Å². The molecular formula is C20H23BrN4O. The van der Waals surface area contributed by atoms with E-state index in [2.05, 4.69) is 42.2 Å². The van der Waals surface area contributed by atoms with Crippen LogP contribution in [0.3, 0.4) is 0 Å². The van der Waals surface area contributed by atoms with Crippen LogP contribution >= 0.6 is 15.9 Å². The van der Waals surface area contributed by atoms with E-state index in [1.165, 1.54) is 24.1 Å². The first kappa shape index (κ1) is 17.5. The number of nitrogens with zero attached hydrogens (tertiary/aromatic N) is 3. The molecule has 1 saturated carbocycles. The molecule has 0 spiro atoms. The second kappa shape index (κ2) is 7.35. The van der Waals surface area contributed by atoms with Gasteiger partial charge in [-0.2, -0.15) is 0 Å². The molecule has 0 unspecified atom stereocenters. The number of carbonyl (C=O) groups is 1. The lowest BCUT2D eigenvalue weighted by Gasteiger charge is -2.32. The molecule has 0 radical (unpaired) electrons. The van der Waals surface area contributed by atoms with Crippen LogP contribution in [0.25, 0.3) is 0 Å². The van der Waals surface area contributed by atoms with Gasteiger partial charge >= 0.3 is 0 Å². The fourth-order valence-electron chi connectivity index (χ4n) is 3.46. The molecule has 1 aromatic carbocycles. The molecule has 2 aliphatic rings. The first-order valence-corrected chi connectivity index (χ1v) is 10.0. The smallest absolute Gasteiger partial charge is 0.227 e. The van der Waals surface area contributed by atoms with E-state index in [4.69, 9.17) is 0 Å². The maximum atomic E-state index is 12.6. The Morgan fingerprint density at radius 1 is 1.15 bits per heavy atom. The van der Waals surface area contributed by atoms with Crippen molar-refractivity contribution in [3.8, 4) is 0 Å². The van der Waals surface area contributed by atoms with Gasteiger partial charge in [0, 0.05) is 41.2 Å². The Morgan fingerprint density at radius 2 is 1.92 bits per heavy atom. The maximum Gasteiger partial charge on any atom is 0.227 e. The quantitative estimate of drug-likeness (QED) is 0.810. The predicted octanol–water partition coefficient (Wildman–Crippen LogP) is 4.28. The van der Waals surface area contributed by atoms with Crippen molar-refractivity contribution in [1.82, 2.24) is 9.97 Å². The molecule has 5 nitrogen and oxygen atoms in total. The number of rotatable bonds is 4. The molecule has 1 amide bonds. The van der Waals surface area contributed by atoms with Crippen molar-refractivity contribution in [2.45, 2.75) is 38.5 Å². The van der Waals surface area contributed by atoms with E-state index in [-0.39, 0.29) is 11.8 Å². The number of anilines is 2. The van der Waals surface area contributed by atoms with Gasteiger partial charge in [-0.15, -0.1) is 0 Å². The highest BCUT2D eigenvalue weighted by atomic mass is 79.9. The van der Waals surface area contributed by atoms with E-state index in [0.29, 0.717) is 5.92 Å². The van der Waals surface area contributed by atoms with Crippen molar-refractivity contribution in [3.63, 3.8) is 0 Å². The SMILES string of the molecule is Cc1ccc(NC(=O)C2CCN(c3cc(C4CC4)ncn3)CC2)c(Br)c1. The number of aromatic nitrogens is 2. The summed E-state index contributed by atoms with van der Waals surface area (Å²) in [5.41, 5.74) is 3.17. The van der Waals surface area contributed by atoms with E-state index in [0.717, 1.165) is 41.9 Å². The van der Waals surface area contributed by atoms with E-state index in [1.54, 1.807) is 6.33 Å². The van der Waals surface area contributed by atoms with Crippen LogP contribution in [0.15, 0.2) is 35.1 Å². The topological polar surface area (TPSA) is 58.1 Å². The van der Waals surface area contributed by atoms with Crippen LogP contribution in [0.1, 0.15) is 42.9 Å². The van der Waals surface area contributed by atoms with Crippen molar-refractivity contribution in [1.29, 1.82) is 0 Å². The van der Waals surface area contributed by atoms with Gasteiger partial charge in [0.25, 0.3) is 0 Å². The molecule has 0 atom stereocenters. The molecule has 2 heterocycles. The Hall–Kier alpha value is -1.95. The van der Waals surface area contributed by atoms with Crippen LogP contribution < -0.4 is 10.2 Å². The summed E-state index contributed by atoms with van der Waals surface area (Å²) in [4.78, 5) is 23.7. The molecule has 1 saturated heterocycles. The molecule has 26 heavy (non-hydrogen) atoms. The van der Waals surface area contributed by atoms with Gasteiger partial charge < -0.3 is 10.2 Å². The third-order valence-corrected chi connectivity index (χ3v) is 5.90. The second-order valence-corrected chi connectivity index (χ2v) is 8.16. The van der Waals surface area contributed by atoms with Crippen LogP contribution in [-0.2, 0) is 4.79 Å². The van der Waals surface area contributed by atoms with Gasteiger partial charge in [0.2, 0.25) is 5.91 Å². The number of halogens is 1. The van der Waals surface area contributed by atoms with Crippen LogP contribution in [0, 0.1) is 12.8 Å². The second-order valence-electron chi connectivity index (χ2n) is 7.31. The zero-order valence-corrected chi connectivity index (χ0v) is 16.5. The van der Waals surface area contributed by atoms with E-state index in [9.17, 15) is 4.79 Å². The molecule has 6 heteroatoms. The van der Waals surface area contributed by atoms with Gasteiger partial charge in [0.1, 0.15) is 12.1 Å². The number of benzene rings is 1. The summed E-state index contributed by atoms with van der Waals surface area (Å²) in [5.74, 6) is 1.79. The fraction of sp³-hybridized carbons (Fsp3) is 0.450. The Kier molecular flexibility index (Phi) is 4.94. The largest absolute Gasteiger partial charge is 0.356 e. The highest BCUT2D eigenvalue weighted by molar-refractivity contribution is 9.10. The molecular weight excluding hydrogens is 392 g/mol. The Bertz CT molecular complexity index is 813. The molecule has 0 bridgehead atoms. The molecule has 1 N–H and O–H groups in total. The lowest BCUT2D eigenvalue weighted by Crippen LogP contribution is -2.38. The first-order valence-electron chi connectivity index (χ1n) is 9.24. The van der Waals surface area contributed by atoms with E-state index >= 15 is 0 Å².